The first-order valence-corrected chi connectivity index (χ1v) is 6.26. The van der Waals surface area contributed by atoms with Crippen LogP contribution in [-0.2, 0) is 10.0 Å². The number of primary sulfonamides is 1. The lowest BCUT2D eigenvalue weighted by molar-refractivity contribution is 0.593. The minimum Gasteiger partial charge on any atom is -0.383 e. The fourth-order valence-corrected chi connectivity index (χ4v) is 1.67. The van der Waals surface area contributed by atoms with E-state index < -0.39 is 15.8 Å². The van der Waals surface area contributed by atoms with Crippen molar-refractivity contribution in [2.75, 3.05) is 18.4 Å². The van der Waals surface area contributed by atoms with E-state index in [9.17, 15) is 12.8 Å². The predicted octanol–water partition coefficient (Wildman–Crippen LogP) is 0.234. The Morgan fingerprint density at radius 1 is 1.38 bits per heavy atom. The third kappa shape index (κ3) is 3.44. The van der Waals surface area contributed by atoms with Crippen LogP contribution in [0.5, 0.6) is 0 Å². The Balaban J connectivity index is 2.84. The molecule has 1 aromatic carbocycles. The minimum absolute atomic E-state index is 0.237. The first kappa shape index (κ1) is 12.9. The molecule has 16 heavy (non-hydrogen) atoms. The van der Waals surface area contributed by atoms with E-state index in [1.54, 1.807) is 0 Å². The van der Waals surface area contributed by atoms with Gasteiger partial charge in [-0.3, -0.25) is 0 Å². The molecule has 0 aliphatic heterocycles. The Hall–Kier alpha value is -1.18. The van der Waals surface area contributed by atoms with Gasteiger partial charge >= 0.3 is 0 Å². The third-order valence-electron chi connectivity index (χ3n) is 1.97. The van der Waals surface area contributed by atoms with E-state index >= 15 is 0 Å². The van der Waals surface area contributed by atoms with E-state index in [0.29, 0.717) is 19.5 Å². The molecule has 0 aliphatic carbocycles. The number of hydrogen-bond acceptors (Lipinski definition) is 4. The largest absolute Gasteiger partial charge is 0.383 e. The van der Waals surface area contributed by atoms with Gasteiger partial charge in [0.25, 0.3) is 0 Å². The predicted molar refractivity (Wildman–Crippen MR) is 59.9 cm³/mol. The summed E-state index contributed by atoms with van der Waals surface area (Å²) in [5.74, 6) is -0.649. The van der Waals surface area contributed by atoms with Crippen LogP contribution in [0.4, 0.5) is 10.1 Å². The van der Waals surface area contributed by atoms with Crippen LogP contribution in [0.15, 0.2) is 23.1 Å². The number of hydrogen-bond donors (Lipinski definition) is 3. The smallest absolute Gasteiger partial charge is 0.238 e. The van der Waals surface area contributed by atoms with Crippen molar-refractivity contribution in [2.45, 2.75) is 11.3 Å². The molecule has 1 aromatic rings. The lowest BCUT2D eigenvalue weighted by Gasteiger charge is -2.07. The van der Waals surface area contributed by atoms with Crippen molar-refractivity contribution in [3.8, 4) is 0 Å². The second kappa shape index (κ2) is 5.24. The molecule has 0 atom stereocenters. The molecule has 0 unspecified atom stereocenters. The zero-order valence-corrected chi connectivity index (χ0v) is 9.43. The maximum absolute atomic E-state index is 13.4. The van der Waals surface area contributed by atoms with Crippen LogP contribution in [0, 0.1) is 5.82 Å². The summed E-state index contributed by atoms with van der Waals surface area (Å²) in [6.45, 7) is 1.03. The zero-order chi connectivity index (χ0) is 12.2. The van der Waals surface area contributed by atoms with E-state index in [0.717, 1.165) is 6.07 Å². The lowest BCUT2D eigenvalue weighted by Crippen LogP contribution is -2.13. The van der Waals surface area contributed by atoms with E-state index in [4.69, 9.17) is 10.9 Å². The highest BCUT2D eigenvalue weighted by Crippen LogP contribution is 2.17. The Morgan fingerprint density at radius 2 is 2.06 bits per heavy atom. The van der Waals surface area contributed by atoms with Crippen molar-refractivity contribution in [3.63, 3.8) is 0 Å². The maximum atomic E-state index is 13.4. The molecule has 0 aliphatic rings. The van der Waals surface area contributed by atoms with Crippen molar-refractivity contribution in [2.24, 2.45) is 10.9 Å². The molecule has 90 valence electrons. The molecule has 0 amide bonds. The van der Waals surface area contributed by atoms with Gasteiger partial charge in [0, 0.05) is 6.54 Å². The summed E-state index contributed by atoms with van der Waals surface area (Å²) in [5, 5.41) is 7.67. The second-order valence-electron chi connectivity index (χ2n) is 3.26. The van der Waals surface area contributed by atoms with Crippen molar-refractivity contribution < 1.29 is 12.8 Å². The van der Waals surface area contributed by atoms with E-state index in [1.165, 1.54) is 12.1 Å². The normalized spacial score (nSPS) is 11.4. The Bertz CT molecular complexity index is 462. The van der Waals surface area contributed by atoms with Gasteiger partial charge in [0.2, 0.25) is 10.0 Å². The van der Waals surface area contributed by atoms with Gasteiger partial charge in [-0.05, 0) is 31.2 Å². The van der Waals surface area contributed by atoms with Gasteiger partial charge in [0.15, 0.2) is 0 Å². The van der Waals surface area contributed by atoms with Gasteiger partial charge in [-0.25, -0.2) is 17.9 Å². The third-order valence-corrected chi connectivity index (χ3v) is 2.88. The second-order valence-corrected chi connectivity index (χ2v) is 4.82. The summed E-state index contributed by atoms with van der Waals surface area (Å²) in [7, 11) is -3.86. The molecule has 0 heterocycles. The number of nitrogens with one attached hydrogen (secondary N) is 1. The van der Waals surface area contributed by atoms with Crippen LogP contribution in [0.1, 0.15) is 6.42 Å². The molecule has 0 fully saturated rings. The molecule has 0 bridgehead atoms. The molecular formula is C9H14FN3O2S. The van der Waals surface area contributed by atoms with E-state index in [-0.39, 0.29) is 10.6 Å². The SMILES string of the molecule is NCCCNc1ccc(S(N)(=O)=O)cc1F. The summed E-state index contributed by atoms with van der Waals surface area (Å²) in [4.78, 5) is -0.241. The molecule has 5 nitrogen and oxygen atoms in total. The highest BCUT2D eigenvalue weighted by molar-refractivity contribution is 7.89. The fourth-order valence-electron chi connectivity index (χ4n) is 1.14. The molecule has 0 radical (unpaired) electrons. The molecular weight excluding hydrogens is 233 g/mol. The van der Waals surface area contributed by atoms with Gasteiger partial charge in [0.05, 0.1) is 10.6 Å². The Kier molecular flexibility index (Phi) is 4.22. The summed E-state index contributed by atoms with van der Waals surface area (Å²) in [5.41, 5.74) is 5.52. The van der Waals surface area contributed by atoms with Crippen molar-refractivity contribution in [1.82, 2.24) is 0 Å². The van der Waals surface area contributed by atoms with Crippen LogP contribution in [0.2, 0.25) is 0 Å². The Labute approximate surface area is 93.7 Å². The van der Waals surface area contributed by atoms with Crippen LogP contribution in [0.3, 0.4) is 0 Å². The van der Waals surface area contributed by atoms with Gasteiger partial charge in [-0.2, -0.15) is 0 Å². The fraction of sp³-hybridized carbons (Fsp3) is 0.333. The lowest BCUT2D eigenvalue weighted by atomic mass is 10.3. The first-order chi connectivity index (χ1) is 7.45. The summed E-state index contributed by atoms with van der Waals surface area (Å²) in [6, 6.07) is 3.48. The summed E-state index contributed by atoms with van der Waals surface area (Å²) < 4.78 is 35.3. The molecule has 7 heteroatoms. The first-order valence-electron chi connectivity index (χ1n) is 4.71. The van der Waals surface area contributed by atoms with Gasteiger partial charge in [-0.15, -0.1) is 0 Å². The monoisotopic (exact) mass is 247 g/mol. The number of benzene rings is 1. The number of sulfonamides is 1. The number of halogens is 1. The maximum Gasteiger partial charge on any atom is 0.238 e. The minimum atomic E-state index is -3.86. The molecule has 0 aromatic heterocycles. The average Bonchev–Trinajstić information content (AvgIpc) is 2.19. The number of anilines is 1. The molecule has 0 saturated carbocycles. The van der Waals surface area contributed by atoms with Gasteiger partial charge in [-0.1, -0.05) is 0 Å². The van der Waals surface area contributed by atoms with Crippen LogP contribution in [0.25, 0.3) is 0 Å². The summed E-state index contributed by atoms with van der Waals surface area (Å²) in [6.07, 6.45) is 0.705. The topological polar surface area (TPSA) is 98.2 Å². The summed E-state index contributed by atoms with van der Waals surface area (Å²) >= 11 is 0. The molecule has 5 N–H and O–H groups in total. The highest BCUT2D eigenvalue weighted by Gasteiger charge is 2.10. The zero-order valence-electron chi connectivity index (χ0n) is 8.61. The van der Waals surface area contributed by atoms with Crippen molar-refractivity contribution in [3.05, 3.63) is 24.0 Å². The number of nitrogens with two attached hydrogens (primary N) is 2. The highest BCUT2D eigenvalue weighted by atomic mass is 32.2. The van der Waals surface area contributed by atoms with Crippen LogP contribution < -0.4 is 16.2 Å². The van der Waals surface area contributed by atoms with E-state index in [1.807, 2.05) is 0 Å². The number of rotatable bonds is 5. The van der Waals surface area contributed by atoms with E-state index in [2.05, 4.69) is 5.32 Å². The quantitative estimate of drug-likeness (QED) is 0.649. The van der Waals surface area contributed by atoms with Crippen molar-refractivity contribution in [1.29, 1.82) is 0 Å². The van der Waals surface area contributed by atoms with Crippen LogP contribution >= 0.6 is 0 Å². The van der Waals surface area contributed by atoms with Crippen LogP contribution in [-0.4, -0.2) is 21.5 Å². The standard InChI is InChI=1S/C9H14FN3O2S/c10-8-6-7(16(12,14)15)2-3-9(8)13-5-1-4-11/h2-3,6,13H,1,4-5,11H2,(H2,12,14,15). The Morgan fingerprint density at radius 3 is 2.56 bits per heavy atom. The molecule has 1 rings (SSSR count). The van der Waals surface area contributed by atoms with Gasteiger partial charge < -0.3 is 11.1 Å². The molecule has 0 spiro atoms. The average molecular weight is 247 g/mol. The molecule has 0 saturated heterocycles. The van der Waals surface area contributed by atoms with Gasteiger partial charge in [0.1, 0.15) is 5.82 Å². The van der Waals surface area contributed by atoms with Crippen molar-refractivity contribution >= 4 is 15.7 Å².